The van der Waals surface area contributed by atoms with Gasteiger partial charge in [-0.1, -0.05) is 26.8 Å². The van der Waals surface area contributed by atoms with Gasteiger partial charge in [-0.15, -0.1) is 6.58 Å². The SMILES string of the molecule is C=CCC(C)(NC(=O)C1CC(O)CN1C(=O)C(NC(=O)OC(C)(C)C)C(C)(C)C)C(=O)NS(=O)(=O)C1CC1. The molecule has 1 saturated heterocycles. The second-order valence-electron chi connectivity index (χ2n) is 12.3. The minimum absolute atomic E-state index is 0.0845. The van der Waals surface area contributed by atoms with Gasteiger partial charge in [-0.3, -0.25) is 19.1 Å². The van der Waals surface area contributed by atoms with E-state index in [-0.39, 0.29) is 19.4 Å². The van der Waals surface area contributed by atoms with Crippen molar-refractivity contribution in [1.82, 2.24) is 20.3 Å². The Hall–Kier alpha value is -2.67. The van der Waals surface area contributed by atoms with E-state index in [0.717, 1.165) is 0 Å². The number of carbonyl (C=O) groups excluding carboxylic acids is 4. The summed E-state index contributed by atoms with van der Waals surface area (Å²) in [4.78, 5) is 53.7. The molecule has 4 atom stereocenters. The molecule has 2 fully saturated rings. The van der Waals surface area contributed by atoms with Crippen molar-refractivity contribution in [1.29, 1.82) is 0 Å². The van der Waals surface area contributed by atoms with E-state index in [1.165, 1.54) is 17.9 Å². The smallest absolute Gasteiger partial charge is 0.408 e. The summed E-state index contributed by atoms with van der Waals surface area (Å²) in [5.41, 5.74) is -3.26. The Balaban J connectivity index is 2.26. The van der Waals surface area contributed by atoms with Crippen LogP contribution < -0.4 is 15.4 Å². The number of amides is 4. The summed E-state index contributed by atoms with van der Waals surface area (Å²) in [6, 6.07) is -2.26. The highest BCUT2D eigenvalue weighted by Gasteiger charge is 2.47. The van der Waals surface area contributed by atoms with E-state index >= 15 is 0 Å². The molecule has 38 heavy (non-hydrogen) atoms. The molecule has 0 spiro atoms. The molecule has 12 nitrogen and oxygen atoms in total. The fourth-order valence-corrected chi connectivity index (χ4v) is 5.50. The van der Waals surface area contributed by atoms with Gasteiger partial charge in [0.15, 0.2) is 0 Å². The number of aliphatic hydroxyl groups excluding tert-OH is 1. The molecule has 13 heteroatoms. The largest absolute Gasteiger partial charge is 0.444 e. The standard InChI is InChI=1S/C25H42N4O8S/c1-9-12-25(8,21(33)28-38(35,36)16-10-11-16)27-19(31)17-13-15(30)14-29(17)20(32)18(23(2,3)4)26-22(34)37-24(5,6)7/h9,15-18,30H,1,10-14H2,2-8H3,(H,26,34)(H,27,31)(H,28,33). The summed E-state index contributed by atoms with van der Waals surface area (Å²) in [6.45, 7) is 15.1. The van der Waals surface area contributed by atoms with Gasteiger partial charge in [-0.05, 0) is 52.4 Å². The number of likely N-dealkylation sites (tertiary alicyclic amines) is 1. The van der Waals surface area contributed by atoms with Crippen LogP contribution in [0.3, 0.4) is 0 Å². The van der Waals surface area contributed by atoms with Crippen molar-refractivity contribution >= 4 is 33.8 Å². The minimum Gasteiger partial charge on any atom is -0.444 e. The lowest BCUT2D eigenvalue weighted by molar-refractivity contribution is -0.143. The molecule has 0 bridgehead atoms. The second kappa shape index (κ2) is 11.2. The van der Waals surface area contributed by atoms with Crippen molar-refractivity contribution < 1.29 is 37.4 Å². The molecule has 2 rings (SSSR count). The molecule has 1 aliphatic carbocycles. The van der Waals surface area contributed by atoms with Gasteiger partial charge < -0.3 is 25.4 Å². The molecule has 1 heterocycles. The predicted octanol–water partition coefficient (Wildman–Crippen LogP) is 0.947. The molecular weight excluding hydrogens is 516 g/mol. The fraction of sp³-hybridized carbons (Fsp3) is 0.760. The van der Waals surface area contributed by atoms with Gasteiger partial charge in [0, 0.05) is 13.0 Å². The highest BCUT2D eigenvalue weighted by Crippen LogP contribution is 2.29. The molecule has 0 aromatic heterocycles. The van der Waals surface area contributed by atoms with Gasteiger partial charge >= 0.3 is 6.09 Å². The van der Waals surface area contributed by atoms with Crippen LogP contribution >= 0.6 is 0 Å². The number of nitrogens with one attached hydrogen (secondary N) is 3. The number of hydrogen-bond donors (Lipinski definition) is 4. The second-order valence-corrected chi connectivity index (χ2v) is 14.3. The van der Waals surface area contributed by atoms with Crippen LogP contribution in [0.1, 0.15) is 74.1 Å². The molecule has 1 saturated carbocycles. The van der Waals surface area contributed by atoms with Crippen LogP contribution in [0.15, 0.2) is 12.7 Å². The van der Waals surface area contributed by atoms with Gasteiger partial charge in [-0.2, -0.15) is 0 Å². The normalized spacial score (nSPS) is 22.6. The molecular formula is C25H42N4O8S. The van der Waals surface area contributed by atoms with E-state index in [4.69, 9.17) is 4.74 Å². The molecule has 4 N–H and O–H groups in total. The molecule has 4 amide bonds. The molecule has 216 valence electrons. The van der Waals surface area contributed by atoms with Crippen LogP contribution in [-0.2, 0) is 29.1 Å². The number of carbonyl (C=O) groups is 4. The maximum atomic E-state index is 13.6. The van der Waals surface area contributed by atoms with Crippen LogP contribution in [0.25, 0.3) is 0 Å². The van der Waals surface area contributed by atoms with Crippen LogP contribution in [0.2, 0.25) is 0 Å². The third-order valence-electron chi connectivity index (χ3n) is 6.29. The quantitative estimate of drug-likeness (QED) is 0.303. The van der Waals surface area contributed by atoms with Crippen LogP contribution in [0.4, 0.5) is 4.79 Å². The zero-order valence-corrected chi connectivity index (χ0v) is 24.1. The number of aliphatic hydroxyl groups is 1. The maximum Gasteiger partial charge on any atom is 0.408 e. The van der Waals surface area contributed by atoms with Crippen LogP contribution in [0.5, 0.6) is 0 Å². The summed E-state index contributed by atoms with van der Waals surface area (Å²) < 4.78 is 32.0. The number of rotatable bonds is 9. The highest BCUT2D eigenvalue weighted by atomic mass is 32.2. The first kappa shape index (κ1) is 31.5. The Kier molecular flexibility index (Phi) is 9.31. The number of ether oxygens (including phenoxy) is 1. The average Bonchev–Trinajstić information content (AvgIpc) is 3.52. The molecule has 0 radical (unpaired) electrons. The summed E-state index contributed by atoms with van der Waals surface area (Å²) in [5.74, 6) is -2.28. The maximum absolute atomic E-state index is 13.6. The van der Waals surface area contributed by atoms with Crippen molar-refractivity contribution in [3.8, 4) is 0 Å². The van der Waals surface area contributed by atoms with Crippen LogP contribution in [-0.4, -0.2) is 83.4 Å². The van der Waals surface area contributed by atoms with E-state index in [1.807, 2.05) is 4.72 Å². The molecule has 0 aromatic carbocycles. The highest BCUT2D eigenvalue weighted by molar-refractivity contribution is 7.90. The third kappa shape index (κ3) is 8.16. The lowest BCUT2D eigenvalue weighted by Gasteiger charge is -2.36. The Morgan fingerprint density at radius 1 is 1.11 bits per heavy atom. The number of β-amino-alcohol motifs (C(OH)–C–C–N with tert-alkyl or cyclic N) is 1. The number of nitrogens with zero attached hydrogens (tertiary/aromatic N) is 1. The summed E-state index contributed by atoms with van der Waals surface area (Å²) in [6.07, 6.45) is 0.264. The zero-order valence-electron chi connectivity index (χ0n) is 23.3. The molecule has 1 aliphatic heterocycles. The van der Waals surface area contributed by atoms with Gasteiger partial charge in [0.25, 0.3) is 5.91 Å². The van der Waals surface area contributed by atoms with E-state index in [2.05, 4.69) is 17.2 Å². The first-order valence-electron chi connectivity index (χ1n) is 12.7. The van der Waals surface area contributed by atoms with E-state index in [0.29, 0.717) is 12.8 Å². The number of hydrogen-bond acceptors (Lipinski definition) is 8. The third-order valence-corrected chi connectivity index (χ3v) is 8.11. The minimum atomic E-state index is -3.87. The van der Waals surface area contributed by atoms with Crippen molar-refractivity contribution in [3.63, 3.8) is 0 Å². The Morgan fingerprint density at radius 3 is 2.16 bits per heavy atom. The summed E-state index contributed by atoms with van der Waals surface area (Å²) in [5, 5.41) is 14.9. The van der Waals surface area contributed by atoms with Crippen molar-refractivity contribution in [3.05, 3.63) is 12.7 Å². The van der Waals surface area contributed by atoms with Crippen molar-refractivity contribution in [2.75, 3.05) is 6.54 Å². The lowest BCUT2D eigenvalue weighted by atomic mass is 9.85. The Bertz CT molecular complexity index is 1060. The van der Waals surface area contributed by atoms with E-state index in [9.17, 15) is 32.7 Å². The number of sulfonamides is 1. The Morgan fingerprint density at radius 2 is 1.68 bits per heavy atom. The van der Waals surface area contributed by atoms with Gasteiger partial charge in [0.05, 0.1) is 11.4 Å². The predicted molar refractivity (Wildman–Crippen MR) is 140 cm³/mol. The van der Waals surface area contributed by atoms with Crippen LogP contribution in [0, 0.1) is 5.41 Å². The van der Waals surface area contributed by atoms with Gasteiger partial charge in [0.2, 0.25) is 21.8 Å². The molecule has 4 unspecified atom stereocenters. The zero-order chi connectivity index (χ0) is 29.3. The van der Waals surface area contributed by atoms with Gasteiger partial charge in [0.1, 0.15) is 23.2 Å². The van der Waals surface area contributed by atoms with Gasteiger partial charge in [-0.25, -0.2) is 13.2 Å². The van der Waals surface area contributed by atoms with Crippen molar-refractivity contribution in [2.24, 2.45) is 5.41 Å². The summed E-state index contributed by atoms with van der Waals surface area (Å²) >= 11 is 0. The first-order valence-corrected chi connectivity index (χ1v) is 14.2. The monoisotopic (exact) mass is 558 g/mol. The molecule has 0 aromatic rings. The molecule has 2 aliphatic rings. The topological polar surface area (TPSA) is 171 Å². The first-order chi connectivity index (χ1) is 17.2. The number of alkyl carbamates (subject to hydrolysis) is 1. The lowest BCUT2D eigenvalue weighted by Crippen LogP contribution is -2.62. The van der Waals surface area contributed by atoms with E-state index in [1.54, 1.807) is 41.5 Å². The summed E-state index contributed by atoms with van der Waals surface area (Å²) in [7, 11) is -3.87. The Labute approximate surface area is 225 Å². The van der Waals surface area contributed by atoms with Crippen molar-refractivity contribution in [2.45, 2.75) is 109 Å². The fourth-order valence-electron chi connectivity index (χ4n) is 4.09. The van der Waals surface area contributed by atoms with E-state index < -0.39 is 73.8 Å². The average molecular weight is 559 g/mol.